The number of carbonyl (C=O) groups is 1. The number of phosphoric ester groups is 1. The highest BCUT2D eigenvalue weighted by Crippen LogP contribution is 2.39. The van der Waals surface area contributed by atoms with Gasteiger partial charge < -0.3 is 30.3 Å². The molecule has 3 atom stereocenters. The number of rotatable bonds is 13. The summed E-state index contributed by atoms with van der Waals surface area (Å²) in [5.74, 6) is -0.142. The van der Waals surface area contributed by atoms with E-state index in [0.717, 1.165) is 9.87 Å². The zero-order chi connectivity index (χ0) is 28.6. The van der Waals surface area contributed by atoms with Gasteiger partial charge in [-0.05, 0) is 42.2 Å². The molecule has 0 radical (unpaired) electrons. The van der Waals surface area contributed by atoms with Crippen LogP contribution >= 0.6 is 7.82 Å². The number of ether oxygens (including phenoxy) is 2. The molecule has 216 valence electrons. The van der Waals surface area contributed by atoms with Gasteiger partial charge in [0.1, 0.15) is 12.2 Å². The molecule has 0 saturated carbocycles. The summed E-state index contributed by atoms with van der Waals surface area (Å²) in [6.07, 6.45) is -2.14. The number of benzene rings is 2. The monoisotopic (exact) mass is 585 g/mol. The number of hydrogen-bond acceptors (Lipinski definition) is 8. The zero-order valence-corrected chi connectivity index (χ0v) is 23.6. The van der Waals surface area contributed by atoms with E-state index in [9.17, 15) is 27.6 Å². The topological polar surface area (TPSA) is 178 Å². The minimum Gasteiger partial charge on any atom is -0.444 e. The van der Waals surface area contributed by atoms with Crippen LogP contribution in [0.25, 0.3) is 0 Å². The first-order chi connectivity index (χ1) is 18.3. The Morgan fingerprint density at radius 3 is 2.38 bits per heavy atom. The van der Waals surface area contributed by atoms with Crippen molar-refractivity contribution in [3.63, 3.8) is 0 Å². The fourth-order valence-corrected chi connectivity index (χ4v) is 6.35. The third kappa shape index (κ3) is 9.87. The van der Waals surface area contributed by atoms with E-state index in [0.29, 0.717) is 18.7 Å². The number of hydrogen-bond donors (Lipinski definition) is 4. The number of amides is 1. The molecule has 1 aliphatic rings. The maximum absolute atomic E-state index is 13.6. The first kappa shape index (κ1) is 31.0. The number of nitrogens with two attached hydrogens (primary N) is 1. The molecule has 1 heterocycles. The highest BCUT2D eigenvalue weighted by molar-refractivity contribution is 7.89. The number of nitrogen functional groups attached to an aromatic ring is 1. The Balaban J connectivity index is 1.96. The molecule has 0 bridgehead atoms. The van der Waals surface area contributed by atoms with Crippen molar-refractivity contribution in [1.29, 1.82) is 0 Å². The Morgan fingerprint density at radius 1 is 1.15 bits per heavy atom. The minimum absolute atomic E-state index is 0.0235. The van der Waals surface area contributed by atoms with E-state index in [-0.39, 0.29) is 30.4 Å². The van der Waals surface area contributed by atoms with Crippen LogP contribution < -0.4 is 11.1 Å². The predicted octanol–water partition coefficient (Wildman–Crippen LogP) is 2.52. The second kappa shape index (κ2) is 13.7. The molecule has 1 saturated heterocycles. The normalized spacial score (nSPS) is 17.7. The van der Waals surface area contributed by atoms with Gasteiger partial charge in [-0.1, -0.05) is 44.2 Å². The Hall–Kier alpha value is -2.51. The highest BCUT2D eigenvalue weighted by Gasteiger charge is 2.37. The SMILES string of the molecule is CC(C)CN(C[C@@H](OP(=O)(O)O)[C@H](Cc1ccccc1)NC(=O)OC1CCOC1)S(=O)(=O)c1ccc(N)cc1. The van der Waals surface area contributed by atoms with Crippen molar-refractivity contribution in [2.45, 2.75) is 49.8 Å². The van der Waals surface area contributed by atoms with Crippen LogP contribution in [0.3, 0.4) is 0 Å². The van der Waals surface area contributed by atoms with E-state index in [2.05, 4.69) is 5.32 Å². The second-order valence-corrected chi connectivity index (χ2v) is 12.9. The first-order valence-corrected chi connectivity index (χ1v) is 15.5. The molecule has 1 unspecified atom stereocenters. The van der Waals surface area contributed by atoms with Crippen LogP contribution in [0.5, 0.6) is 0 Å². The highest BCUT2D eigenvalue weighted by atomic mass is 32.2. The van der Waals surface area contributed by atoms with Crippen molar-refractivity contribution in [2.24, 2.45) is 5.92 Å². The third-order valence-corrected chi connectivity index (χ3v) is 8.35. The Morgan fingerprint density at radius 2 is 1.82 bits per heavy atom. The van der Waals surface area contributed by atoms with Gasteiger partial charge in [-0.3, -0.25) is 4.52 Å². The number of nitrogens with zero attached hydrogens (tertiary/aromatic N) is 1. The second-order valence-electron chi connectivity index (χ2n) is 9.75. The third-order valence-electron chi connectivity index (χ3n) is 5.96. The Bertz CT molecular complexity index is 1220. The fraction of sp³-hybridized carbons (Fsp3) is 0.480. The molecule has 1 amide bonds. The molecule has 5 N–H and O–H groups in total. The number of sulfonamides is 1. The number of anilines is 1. The Kier molecular flexibility index (Phi) is 10.9. The van der Waals surface area contributed by atoms with Gasteiger partial charge in [-0.15, -0.1) is 0 Å². The molecule has 1 fully saturated rings. The van der Waals surface area contributed by atoms with E-state index in [1.54, 1.807) is 30.3 Å². The standard InChI is InChI=1S/C25H36N3O9PS/c1-18(2)15-28(39(33,34)22-10-8-20(26)9-11-22)16-24(37-38(30,31)32)23(14-19-6-4-3-5-7-19)27-25(29)36-21-12-13-35-17-21/h3-11,18,21,23-24H,12-17,26H2,1-2H3,(H,27,29)(H2,30,31,32)/t21?,23-,24+/m0/s1. The van der Waals surface area contributed by atoms with Crippen molar-refractivity contribution < 1.29 is 41.6 Å². The maximum atomic E-state index is 13.6. The lowest BCUT2D eigenvalue weighted by molar-refractivity contribution is 0.0601. The summed E-state index contributed by atoms with van der Waals surface area (Å²) in [5.41, 5.74) is 6.82. The van der Waals surface area contributed by atoms with E-state index in [4.69, 9.17) is 19.7 Å². The summed E-state index contributed by atoms with van der Waals surface area (Å²) in [5, 5.41) is 2.65. The molecule has 0 aromatic heterocycles. The quantitative estimate of drug-likeness (QED) is 0.202. The van der Waals surface area contributed by atoms with Gasteiger partial charge in [0.2, 0.25) is 10.0 Å². The molecule has 3 rings (SSSR count). The molecule has 12 nitrogen and oxygen atoms in total. The van der Waals surface area contributed by atoms with Gasteiger partial charge in [0, 0.05) is 25.2 Å². The van der Waals surface area contributed by atoms with Crippen molar-refractivity contribution in [3.05, 3.63) is 60.2 Å². The molecule has 0 aliphatic carbocycles. The van der Waals surface area contributed by atoms with Crippen LogP contribution in [0, 0.1) is 5.92 Å². The summed E-state index contributed by atoms with van der Waals surface area (Å²) in [7, 11) is -9.26. The molecule has 2 aromatic rings. The molecule has 2 aromatic carbocycles. The molecule has 39 heavy (non-hydrogen) atoms. The summed E-state index contributed by atoms with van der Waals surface area (Å²) < 4.78 is 56.2. The smallest absolute Gasteiger partial charge is 0.444 e. The van der Waals surface area contributed by atoms with Crippen molar-refractivity contribution in [3.8, 4) is 0 Å². The van der Waals surface area contributed by atoms with Gasteiger partial charge >= 0.3 is 13.9 Å². The van der Waals surface area contributed by atoms with E-state index >= 15 is 0 Å². The van der Waals surface area contributed by atoms with E-state index in [1.165, 1.54) is 24.3 Å². The lowest BCUT2D eigenvalue weighted by Gasteiger charge is -2.33. The first-order valence-electron chi connectivity index (χ1n) is 12.5. The van der Waals surface area contributed by atoms with Crippen LogP contribution in [0.15, 0.2) is 59.5 Å². The summed E-state index contributed by atoms with van der Waals surface area (Å²) in [6, 6.07) is 13.5. The summed E-state index contributed by atoms with van der Waals surface area (Å²) in [6.45, 7) is 3.87. The van der Waals surface area contributed by atoms with Crippen LogP contribution in [-0.2, 0) is 35.0 Å². The van der Waals surface area contributed by atoms with Crippen LogP contribution in [0.2, 0.25) is 0 Å². The summed E-state index contributed by atoms with van der Waals surface area (Å²) >= 11 is 0. The van der Waals surface area contributed by atoms with Crippen molar-refractivity contribution in [1.82, 2.24) is 9.62 Å². The minimum atomic E-state index is -5.12. The van der Waals surface area contributed by atoms with Crippen LogP contribution in [0.1, 0.15) is 25.8 Å². The van der Waals surface area contributed by atoms with Crippen molar-refractivity contribution >= 4 is 29.6 Å². The zero-order valence-electron chi connectivity index (χ0n) is 21.9. The largest absolute Gasteiger partial charge is 0.469 e. The van der Waals surface area contributed by atoms with Gasteiger partial charge in [-0.25, -0.2) is 17.8 Å². The van der Waals surface area contributed by atoms with Gasteiger partial charge in [0.05, 0.1) is 24.2 Å². The average Bonchev–Trinajstić information content (AvgIpc) is 3.35. The molecular formula is C25H36N3O9PS. The molecular weight excluding hydrogens is 549 g/mol. The van der Waals surface area contributed by atoms with Crippen molar-refractivity contribution in [2.75, 3.05) is 32.0 Å². The van der Waals surface area contributed by atoms with Gasteiger partial charge in [0.15, 0.2) is 0 Å². The lowest BCUT2D eigenvalue weighted by atomic mass is 10.0. The average molecular weight is 586 g/mol. The number of carbonyl (C=O) groups excluding carboxylic acids is 1. The summed E-state index contributed by atoms with van der Waals surface area (Å²) in [4.78, 5) is 32.3. The van der Waals surface area contributed by atoms with Crippen LogP contribution in [-0.4, -0.2) is 73.2 Å². The maximum Gasteiger partial charge on any atom is 0.469 e. The van der Waals surface area contributed by atoms with Crippen LogP contribution in [0.4, 0.5) is 10.5 Å². The molecule has 0 spiro atoms. The number of phosphoric acid groups is 1. The predicted molar refractivity (Wildman–Crippen MR) is 144 cm³/mol. The molecule has 1 aliphatic heterocycles. The number of alkyl carbamates (subject to hydrolysis) is 1. The molecule has 14 heteroatoms. The van der Waals surface area contributed by atoms with Gasteiger partial charge in [0.25, 0.3) is 0 Å². The Labute approximate surface area is 228 Å². The number of nitrogens with one attached hydrogen (secondary N) is 1. The van der Waals surface area contributed by atoms with E-state index < -0.39 is 48.7 Å². The van der Waals surface area contributed by atoms with Gasteiger partial charge in [-0.2, -0.15) is 4.31 Å². The lowest BCUT2D eigenvalue weighted by Crippen LogP contribution is -2.52. The van der Waals surface area contributed by atoms with E-state index in [1.807, 2.05) is 13.8 Å². The fourth-order valence-electron chi connectivity index (χ4n) is 4.16.